The molecule has 0 bridgehead atoms. The maximum Gasteiger partial charge on any atom is 0.342 e. The number of carboxylic acids is 1. The number of hydrogen-bond acceptors (Lipinski definition) is 6. The van der Waals surface area contributed by atoms with Gasteiger partial charge in [-0.1, -0.05) is 0 Å². The highest BCUT2D eigenvalue weighted by atomic mass is 19.1. The number of benzene rings is 1. The molecule has 2 unspecified atom stereocenters. The third-order valence-electron chi connectivity index (χ3n) is 3.09. The zero-order valence-electron chi connectivity index (χ0n) is 10.1. The molecule has 1 aliphatic heterocycles. The van der Waals surface area contributed by atoms with Crippen LogP contribution in [0.2, 0.25) is 0 Å². The molecule has 8 nitrogen and oxygen atoms in total. The molecule has 108 valence electrons. The van der Waals surface area contributed by atoms with Gasteiger partial charge in [-0.15, -0.1) is 0 Å². The van der Waals surface area contributed by atoms with E-state index < -0.39 is 40.2 Å². The average molecular weight is 286 g/mol. The molecule has 3 N–H and O–H groups in total. The summed E-state index contributed by atoms with van der Waals surface area (Å²) >= 11 is 0. The van der Waals surface area contributed by atoms with Gasteiger partial charge in [-0.05, 0) is 6.07 Å². The van der Waals surface area contributed by atoms with E-state index >= 15 is 0 Å². The Morgan fingerprint density at radius 1 is 1.35 bits per heavy atom. The van der Waals surface area contributed by atoms with Crippen molar-refractivity contribution >= 4 is 17.3 Å². The third kappa shape index (κ3) is 2.40. The van der Waals surface area contributed by atoms with Crippen molar-refractivity contribution in [1.82, 2.24) is 0 Å². The molecule has 1 saturated heterocycles. The summed E-state index contributed by atoms with van der Waals surface area (Å²) in [7, 11) is 0. The number of carbonyl (C=O) groups is 1. The number of nitro benzene ring substituents is 1. The van der Waals surface area contributed by atoms with Gasteiger partial charge in [0.25, 0.3) is 5.69 Å². The first kappa shape index (κ1) is 14.2. The minimum Gasteiger partial charge on any atom is -0.477 e. The summed E-state index contributed by atoms with van der Waals surface area (Å²) in [5.74, 6) is -2.54. The van der Waals surface area contributed by atoms with Gasteiger partial charge in [-0.2, -0.15) is 0 Å². The van der Waals surface area contributed by atoms with Crippen LogP contribution in [0.25, 0.3) is 0 Å². The first-order valence-electron chi connectivity index (χ1n) is 5.63. The molecule has 2 atom stereocenters. The van der Waals surface area contributed by atoms with E-state index in [0.717, 1.165) is 6.07 Å². The number of halogens is 1. The van der Waals surface area contributed by atoms with E-state index in [1.165, 1.54) is 4.90 Å². The van der Waals surface area contributed by atoms with Crippen LogP contribution in [0.1, 0.15) is 10.4 Å². The van der Waals surface area contributed by atoms with Crippen molar-refractivity contribution in [3.05, 3.63) is 33.6 Å². The average Bonchev–Trinajstić information content (AvgIpc) is 2.68. The maximum atomic E-state index is 13.9. The number of hydrogen-bond donors (Lipinski definition) is 3. The molecule has 1 aromatic rings. The van der Waals surface area contributed by atoms with E-state index in [0.29, 0.717) is 6.07 Å². The lowest BCUT2D eigenvalue weighted by atomic mass is 10.1. The minimum atomic E-state index is -1.56. The van der Waals surface area contributed by atoms with Crippen molar-refractivity contribution in [2.75, 3.05) is 18.0 Å². The fourth-order valence-corrected chi connectivity index (χ4v) is 2.08. The largest absolute Gasteiger partial charge is 0.477 e. The van der Waals surface area contributed by atoms with Gasteiger partial charge >= 0.3 is 5.97 Å². The molecule has 0 aromatic heterocycles. The molecule has 2 rings (SSSR count). The molecule has 0 amide bonds. The van der Waals surface area contributed by atoms with Gasteiger partial charge in [0, 0.05) is 13.1 Å². The summed E-state index contributed by atoms with van der Waals surface area (Å²) in [6.45, 7) is -0.177. The molecule has 1 aromatic carbocycles. The molecular weight excluding hydrogens is 275 g/mol. The van der Waals surface area contributed by atoms with Crippen molar-refractivity contribution in [3.8, 4) is 0 Å². The Balaban J connectivity index is 2.48. The molecule has 1 aliphatic rings. The van der Waals surface area contributed by atoms with Gasteiger partial charge in [0.05, 0.1) is 28.9 Å². The predicted molar refractivity (Wildman–Crippen MR) is 64.2 cm³/mol. The number of nitro groups is 1. The zero-order chi connectivity index (χ0) is 15.0. The van der Waals surface area contributed by atoms with E-state index in [2.05, 4.69) is 0 Å². The summed E-state index contributed by atoms with van der Waals surface area (Å²) in [4.78, 5) is 21.9. The van der Waals surface area contributed by atoms with E-state index in [1.54, 1.807) is 0 Å². The summed E-state index contributed by atoms with van der Waals surface area (Å²) in [5, 5.41) is 38.4. The Labute approximate surface area is 111 Å². The Hall–Kier alpha value is -2.26. The van der Waals surface area contributed by atoms with Crippen LogP contribution < -0.4 is 4.90 Å². The fourth-order valence-electron chi connectivity index (χ4n) is 2.08. The summed E-state index contributed by atoms with van der Waals surface area (Å²) < 4.78 is 13.9. The molecular formula is C11H11FN2O6. The molecule has 0 aliphatic carbocycles. The second-order valence-corrected chi connectivity index (χ2v) is 4.42. The standard InChI is InChI=1S/C11H11FN2O6/c12-6-2-7(14(19)20)5(11(17)18)1-8(6)13-3-9(15)10(16)4-13/h1-2,9-10,15-16H,3-4H2,(H,17,18). The molecule has 1 fully saturated rings. The molecule has 0 saturated carbocycles. The number of anilines is 1. The maximum absolute atomic E-state index is 13.9. The van der Waals surface area contributed by atoms with E-state index in [-0.39, 0.29) is 18.8 Å². The number of aliphatic hydroxyl groups excluding tert-OH is 2. The van der Waals surface area contributed by atoms with Crippen LogP contribution in [0.3, 0.4) is 0 Å². The van der Waals surface area contributed by atoms with Gasteiger partial charge in [-0.25, -0.2) is 9.18 Å². The molecule has 1 heterocycles. The summed E-state index contributed by atoms with van der Waals surface area (Å²) in [5.41, 5.74) is -1.70. The quantitative estimate of drug-likeness (QED) is 0.526. The van der Waals surface area contributed by atoms with E-state index in [9.17, 15) is 29.5 Å². The number of β-amino-alcohol motifs (C(OH)–C–C–N with tert-alkyl or cyclic N) is 2. The topological polar surface area (TPSA) is 124 Å². The van der Waals surface area contributed by atoms with Crippen molar-refractivity contribution in [3.63, 3.8) is 0 Å². The van der Waals surface area contributed by atoms with Gasteiger partial charge in [0.15, 0.2) is 5.82 Å². The number of carboxylic acid groups (broad SMARTS) is 1. The van der Waals surface area contributed by atoms with Crippen LogP contribution in [-0.2, 0) is 0 Å². The number of aromatic carboxylic acids is 1. The smallest absolute Gasteiger partial charge is 0.342 e. The van der Waals surface area contributed by atoms with Gasteiger partial charge < -0.3 is 20.2 Å². The van der Waals surface area contributed by atoms with Crippen molar-refractivity contribution in [1.29, 1.82) is 0 Å². The lowest BCUT2D eigenvalue weighted by molar-refractivity contribution is -0.385. The van der Waals surface area contributed by atoms with Crippen LogP contribution in [0.5, 0.6) is 0 Å². The SMILES string of the molecule is O=C(O)c1cc(N2CC(O)C(O)C2)c(F)cc1[N+](=O)[O-]. The van der Waals surface area contributed by atoms with Crippen molar-refractivity contribution in [2.45, 2.75) is 12.2 Å². The lowest BCUT2D eigenvalue weighted by Gasteiger charge is -2.18. The van der Waals surface area contributed by atoms with Gasteiger partial charge in [0.1, 0.15) is 5.56 Å². The predicted octanol–water partition coefficient (Wildman–Crippen LogP) is -0.0261. The van der Waals surface area contributed by atoms with Crippen LogP contribution in [-0.4, -0.2) is 51.5 Å². The zero-order valence-corrected chi connectivity index (χ0v) is 10.1. The molecule has 9 heteroatoms. The lowest BCUT2D eigenvalue weighted by Crippen LogP contribution is -2.23. The summed E-state index contributed by atoms with van der Waals surface area (Å²) in [6.07, 6.45) is -2.17. The van der Waals surface area contributed by atoms with E-state index in [1.807, 2.05) is 0 Å². The van der Waals surface area contributed by atoms with Crippen molar-refractivity contribution < 1.29 is 29.4 Å². The van der Waals surface area contributed by atoms with Gasteiger partial charge in [0.2, 0.25) is 0 Å². The first-order valence-corrected chi connectivity index (χ1v) is 5.63. The van der Waals surface area contributed by atoms with E-state index in [4.69, 9.17) is 5.11 Å². The Bertz CT molecular complexity index is 568. The normalized spacial score (nSPS) is 22.1. The fraction of sp³-hybridized carbons (Fsp3) is 0.364. The van der Waals surface area contributed by atoms with Crippen LogP contribution >= 0.6 is 0 Å². The highest BCUT2D eigenvalue weighted by molar-refractivity contribution is 5.93. The highest BCUT2D eigenvalue weighted by Crippen LogP contribution is 2.30. The second kappa shape index (κ2) is 5.02. The molecule has 0 radical (unpaired) electrons. The molecule has 20 heavy (non-hydrogen) atoms. The third-order valence-corrected chi connectivity index (χ3v) is 3.09. The molecule has 0 spiro atoms. The van der Waals surface area contributed by atoms with Crippen molar-refractivity contribution in [2.24, 2.45) is 0 Å². The van der Waals surface area contributed by atoms with Crippen LogP contribution in [0.15, 0.2) is 12.1 Å². The Morgan fingerprint density at radius 3 is 2.35 bits per heavy atom. The minimum absolute atomic E-state index is 0.0883. The highest BCUT2D eigenvalue weighted by Gasteiger charge is 2.33. The summed E-state index contributed by atoms with van der Waals surface area (Å²) in [6, 6.07) is 1.36. The first-order chi connectivity index (χ1) is 9.31. The number of nitrogens with zero attached hydrogens (tertiary/aromatic N) is 2. The Kier molecular flexibility index (Phi) is 3.55. The Morgan fingerprint density at radius 2 is 1.90 bits per heavy atom. The van der Waals surface area contributed by atoms with Crippen LogP contribution in [0, 0.1) is 15.9 Å². The number of aliphatic hydroxyl groups is 2. The second-order valence-electron chi connectivity index (χ2n) is 4.42. The van der Waals surface area contributed by atoms with Crippen LogP contribution in [0.4, 0.5) is 15.8 Å². The number of rotatable bonds is 3. The van der Waals surface area contributed by atoms with Gasteiger partial charge in [-0.3, -0.25) is 10.1 Å². The monoisotopic (exact) mass is 286 g/mol.